The summed E-state index contributed by atoms with van der Waals surface area (Å²) >= 11 is 3.23. The number of ether oxygens (including phenoxy) is 1. The summed E-state index contributed by atoms with van der Waals surface area (Å²) in [5.41, 5.74) is 2.32. The van der Waals surface area contributed by atoms with Gasteiger partial charge >= 0.3 is 0 Å². The average Bonchev–Trinajstić information content (AvgIpc) is 2.83. The van der Waals surface area contributed by atoms with Crippen molar-refractivity contribution in [2.45, 2.75) is 12.8 Å². The van der Waals surface area contributed by atoms with E-state index in [4.69, 9.17) is 9.15 Å². The molecule has 1 aliphatic rings. The summed E-state index contributed by atoms with van der Waals surface area (Å²) in [6.07, 6.45) is 3.46. The quantitative estimate of drug-likeness (QED) is 0.796. The van der Waals surface area contributed by atoms with Gasteiger partial charge in [-0.2, -0.15) is 0 Å². The van der Waals surface area contributed by atoms with Gasteiger partial charge in [-0.1, -0.05) is 0 Å². The van der Waals surface area contributed by atoms with Gasteiger partial charge in [-0.05, 0) is 58.6 Å². The summed E-state index contributed by atoms with van der Waals surface area (Å²) in [5.74, 6) is 0.855. The molecular formula is C14H11BrO3. The molecule has 3 nitrogen and oxygen atoms in total. The summed E-state index contributed by atoms with van der Waals surface area (Å²) in [6.45, 7) is 0.758. The van der Waals surface area contributed by atoms with E-state index in [2.05, 4.69) is 15.9 Å². The van der Waals surface area contributed by atoms with Gasteiger partial charge in [-0.15, -0.1) is 0 Å². The van der Waals surface area contributed by atoms with Crippen molar-refractivity contribution >= 4 is 21.7 Å². The minimum Gasteiger partial charge on any atom is -0.493 e. The maximum absolute atomic E-state index is 12.3. The molecule has 0 saturated heterocycles. The van der Waals surface area contributed by atoms with Crippen molar-refractivity contribution in [2.75, 3.05) is 6.61 Å². The molecule has 2 aromatic rings. The Morgan fingerprint density at radius 1 is 1.28 bits per heavy atom. The number of carbonyl (C=O) groups excluding carboxylic acids is 1. The maximum atomic E-state index is 12.3. The van der Waals surface area contributed by atoms with Crippen molar-refractivity contribution in [3.63, 3.8) is 0 Å². The van der Waals surface area contributed by atoms with Crippen LogP contribution in [0.4, 0.5) is 0 Å². The number of hydrogen-bond acceptors (Lipinski definition) is 3. The molecule has 1 aromatic carbocycles. The highest BCUT2D eigenvalue weighted by molar-refractivity contribution is 9.10. The Labute approximate surface area is 113 Å². The summed E-state index contributed by atoms with van der Waals surface area (Å²) in [5, 5.41) is 0. The van der Waals surface area contributed by atoms with Crippen LogP contribution in [-0.4, -0.2) is 12.4 Å². The normalized spacial score (nSPS) is 13.8. The number of halogens is 1. The van der Waals surface area contributed by atoms with E-state index < -0.39 is 0 Å². The third-order valence-corrected chi connectivity index (χ3v) is 3.65. The molecule has 0 fully saturated rings. The highest BCUT2D eigenvalue weighted by Crippen LogP contribution is 2.28. The molecule has 0 bridgehead atoms. The van der Waals surface area contributed by atoms with Crippen LogP contribution in [0, 0.1) is 0 Å². The lowest BCUT2D eigenvalue weighted by atomic mass is 9.99. The fourth-order valence-electron chi connectivity index (χ4n) is 2.11. The molecule has 0 saturated carbocycles. The zero-order valence-corrected chi connectivity index (χ0v) is 11.2. The number of aryl methyl sites for hydroxylation is 1. The molecule has 0 atom stereocenters. The first-order valence-electron chi connectivity index (χ1n) is 5.79. The number of hydrogen-bond donors (Lipinski definition) is 0. The molecule has 0 amide bonds. The minimum atomic E-state index is -0.0380. The molecule has 92 valence electrons. The van der Waals surface area contributed by atoms with Crippen LogP contribution in [0.3, 0.4) is 0 Å². The Hall–Kier alpha value is -1.55. The van der Waals surface area contributed by atoms with Crippen LogP contribution in [0.5, 0.6) is 5.75 Å². The van der Waals surface area contributed by atoms with Crippen molar-refractivity contribution in [1.29, 1.82) is 0 Å². The van der Waals surface area contributed by atoms with Crippen molar-refractivity contribution in [3.8, 4) is 5.75 Å². The van der Waals surface area contributed by atoms with Crippen LogP contribution in [0.1, 0.15) is 27.9 Å². The highest BCUT2D eigenvalue weighted by Gasteiger charge is 2.18. The van der Waals surface area contributed by atoms with Crippen molar-refractivity contribution in [3.05, 3.63) is 51.9 Å². The molecule has 0 radical (unpaired) electrons. The fraction of sp³-hybridized carbons (Fsp3) is 0.214. The number of ketones is 1. The Balaban J connectivity index is 1.98. The lowest BCUT2D eigenvalue weighted by Gasteiger charge is -2.17. The van der Waals surface area contributed by atoms with Crippen LogP contribution in [0.2, 0.25) is 0 Å². The second-order valence-corrected chi connectivity index (χ2v) is 4.93. The fourth-order valence-corrected chi connectivity index (χ4v) is 2.53. The smallest absolute Gasteiger partial charge is 0.197 e. The number of benzene rings is 1. The zero-order valence-electron chi connectivity index (χ0n) is 9.61. The van der Waals surface area contributed by atoms with E-state index in [1.165, 1.54) is 6.26 Å². The topological polar surface area (TPSA) is 39.4 Å². The van der Waals surface area contributed by atoms with E-state index in [9.17, 15) is 4.79 Å². The molecule has 1 aliphatic heterocycles. The van der Waals surface area contributed by atoms with Gasteiger partial charge in [0.2, 0.25) is 0 Å². The maximum Gasteiger partial charge on any atom is 0.197 e. The van der Waals surface area contributed by atoms with Crippen LogP contribution >= 0.6 is 15.9 Å². The summed E-state index contributed by atoms with van der Waals surface area (Å²) < 4.78 is 11.1. The number of rotatable bonds is 2. The first-order valence-corrected chi connectivity index (χ1v) is 6.58. The first kappa shape index (κ1) is 11.5. The largest absolute Gasteiger partial charge is 0.493 e. The molecule has 0 unspecified atom stereocenters. The van der Waals surface area contributed by atoms with Crippen LogP contribution in [-0.2, 0) is 6.42 Å². The van der Waals surface area contributed by atoms with Gasteiger partial charge in [0.05, 0.1) is 18.4 Å². The van der Waals surface area contributed by atoms with Gasteiger partial charge in [0, 0.05) is 5.56 Å². The Bertz CT molecular complexity index is 601. The average molecular weight is 307 g/mol. The second-order valence-electron chi connectivity index (χ2n) is 4.21. The number of fused-ring (bicyclic) bond motifs is 1. The van der Waals surface area contributed by atoms with E-state index in [1.54, 1.807) is 12.1 Å². The first-order chi connectivity index (χ1) is 8.75. The molecule has 0 N–H and O–H groups in total. The van der Waals surface area contributed by atoms with Crippen molar-refractivity contribution in [2.24, 2.45) is 0 Å². The lowest BCUT2D eigenvalue weighted by molar-refractivity contribution is 0.103. The molecule has 4 heteroatoms. The third kappa shape index (κ3) is 1.97. The summed E-state index contributed by atoms with van der Waals surface area (Å²) in [7, 11) is 0. The second kappa shape index (κ2) is 4.61. The van der Waals surface area contributed by atoms with E-state index in [1.807, 2.05) is 12.1 Å². The van der Waals surface area contributed by atoms with Crippen LogP contribution in [0.25, 0.3) is 0 Å². The van der Waals surface area contributed by atoms with E-state index >= 15 is 0 Å². The predicted octanol–water partition coefficient (Wildman–Crippen LogP) is 3.60. The molecule has 2 heterocycles. The monoisotopic (exact) mass is 306 g/mol. The Morgan fingerprint density at radius 2 is 2.17 bits per heavy atom. The molecule has 1 aromatic heterocycles. The van der Waals surface area contributed by atoms with Gasteiger partial charge in [0.1, 0.15) is 5.75 Å². The molecule has 18 heavy (non-hydrogen) atoms. The third-order valence-electron chi connectivity index (χ3n) is 3.03. The summed E-state index contributed by atoms with van der Waals surface area (Å²) in [6, 6.07) is 7.25. The zero-order chi connectivity index (χ0) is 12.5. The molecule has 3 rings (SSSR count). The van der Waals surface area contributed by atoms with Crippen molar-refractivity contribution in [1.82, 2.24) is 0 Å². The minimum absolute atomic E-state index is 0.0380. The Morgan fingerprint density at radius 3 is 2.94 bits per heavy atom. The molecule has 0 spiro atoms. The van der Waals surface area contributed by atoms with Gasteiger partial charge < -0.3 is 9.15 Å². The van der Waals surface area contributed by atoms with Gasteiger partial charge in [0.15, 0.2) is 10.5 Å². The highest BCUT2D eigenvalue weighted by atomic mass is 79.9. The van der Waals surface area contributed by atoms with Gasteiger partial charge in [-0.25, -0.2) is 0 Å². The number of carbonyl (C=O) groups is 1. The van der Waals surface area contributed by atoms with E-state index in [-0.39, 0.29) is 5.78 Å². The van der Waals surface area contributed by atoms with Crippen LogP contribution < -0.4 is 4.74 Å². The number of furan rings is 1. The van der Waals surface area contributed by atoms with E-state index in [0.717, 1.165) is 30.8 Å². The SMILES string of the molecule is O=C(c1ccc2c(c1)CCCO2)c1ccoc1Br. The Kier molecular flexibility index (Phi) is 2.96. The summed E-state index contributed by atoms with van der Waals surface area (Å²) in [4.78, 5) is 12.3. The predicted molar refractivity (Wildman–Crippen MR) is 70.1 cm³/mol. The lowest BCUT2D eigenvalue weighted by Crippen LogP contribution is -2.10. The molecular weight excluding hydrogens is 296 g/mol. The molecule has 0 aliphatic carbocycles. The van der Waals surface area contributed by atoms with Crippen LogP contribution in [0.15, 0.2) is 39.6 Å². The van der Waals surface area contributed by atoms with E-state index in [0.29, 0.717) is 15.8 Å². The van der Waals surface area contributed by atoms with Crippen molar-refractivity contribution < 1.29 is 13.9 Å². The standard InChI is InChI=1S/C14H11BrO3/c15-14-11(5-7-18-14)13(16)10-3-4-12-9(8-10)2-1-6-17-12/h3-5,7-8H,1-2,6H2. The van der Waals surface area contributed by atoms with Gasteiger partial charge in [0.25, 0.3) is 0 Å². The van der Waals surface area contributed by atoms with Gasteiger partial charge in [-0.3, -0.25) is 4.79 Å².